The zero-order valence-electron chi connectivity index (χ0n) is 19.8. The highest BCUT2D eigenvalue weighted by Gasteiger charge is 2.18. The van der Waals surface area contributed by atoms with Gasteiger partial charge < -0.3 is 13.9 Å². The predicted molar refractivity (Wildman–Crippen MR) is 147 cm³/mol. The van der Waals surface area contributed by atoms with E-state index < -0.39 is 0 Å². The van der Waals surface area contributed by atoms with E-state index in [-0.39, 0.29) is 5.97 Å². The second kappa shape index (κ2) is 9.79. The summed E-state index contributed by atoms with van der Waals surface area (Å²) in [5.41, 5.74) is 6.17. The third-order valence-corrected chi connectivity index (χ3v) is 6.90. The average Bonchev–Trinajstić information content (AvgIpc) is 3.34. The summed E-state index contributed by atoms with van der Waals surface area (Å²) >= 11 is 1.32. The van der Waals surface area contributed by atoms with Crippen LogP contribution in [-0.2, 0) is 4.74 Å². The summed E-state index contributed by atoms with van der Waals surface area (Å²) in [7, 11) is 1.38. The van der Waals surface area contributed by atoms with Crippen molar-refractivity contribution >= 4 is 39.9 Å². The van der Waals surface area contributed by atoms with Crippen molar-refractivity contribution in [3.05, 3.63) is 109 Å². The third kappa shape index (κ3) is 4.41. The molecule has 6 rings (SSSR count). The number of nitrogens with zero attached hydrogens (tertiary/aromatic N) is 2. The molecule has 0 bridgehead atoms. The first-order valence-corrected chi connectivity index (χ1v) is 12.4. The fourth-order valence-corrected chi connectivity index (χ4v) is 4.96. The first-order valence-electron chi connectivity index (χ1n) is 11.6. The van der Waals surface area contributed by atoms with Gasteiger partial charge >= 0.3 is 5.97 Å². The van der Waals surface area contributed by atoms with Gasteiger partial charge in [0.05, 0.1) is 24.7 Å². The maximum Gasteiger partial charge on any atom is 0.337 e. The molecule has 0 aliphatic carbocycles. The quantitative estimate of drug-likeness (QED) is 0.190. The number of aromatic amines is 1. The van der Waals surface area contributed by atoms with Crippen molar-refractivity contribution in [1.82, 2.24) is 15.0 Å². The van der Waals surface area contributed by atoms with E-state index >= 15 is 0 Å². The molecule has 0 aliphatic heterocycles. The fourth-order valence-electron chi connectivity index (χ4n) is 4.40. The Morgan fingerprint density at radius 1 is 0.892 bits per heavy atom. The van der Waals surface area contributed by atoms with Crippen molar-refractivity contribution in [1.29, 1.82) is 0 Å². The number of esters is 1. The van der Waals surface area contributed by atoms with Crippen LogP contribution in [0.2, 0.25) is 0 Å². The topological polar surface area (TPSA) is 77.1 Å². The van der Waals surface area contributed by atoms with Crippen LogP contribution in [0.4, 0.5) is 0 Å². The number of hydrogen-bond acceptors (Lipinski definition) is 6. The molecule has 6 aromatic rings. The molecule has 0 atom stereocenters. The van der Waals surface area contributed by atoms with Crippen LogP contribution in [-0.4, -0.2) is 28.0 Å². The molecule has 3 aromatic heterocycles. The Kier molecular flexibility index (Phi) is 6.04. The lowest BCUT2D eigenvalue weighted by Crippen LogP contribution is -2.00. The van der Waals surface area contributed by atoms with E-state index in [0.29, 0.717) is 5.56 Å². The van der Waals surface area contributed by atoms with E-state index in [0.717, 1.165) is 54.8 Å². The lowest BCUT2D eigenvalue weighted by molar-refractivity contribution is 0.0600. The van der Waals surface area contributed by atoms with Gasteiger partial charge in [-0.3, -0.25) is 4.98 Å². The summed E-state index contributed by atoms with van der Waals surface area (Å²) in [5.74, 6) is 0.378. The van der Waals surface area contributed by atoms with Crippen LogP contribution in [0, 0.1) is 0 Å². The third-order valence-electron chi connectivity index (χ3n) is 6.16. The highest BCUT2D eigenvalue weighted by molar-refractivity contribution is 7.95. The number of pyridine rings is 2. The van der Waals surface area contributed by atoms with Crippen molar-refractivity contribution in [3.63, 3.8) is 0 Å². The van der Waals surface area contributed by atoms with Crippen LogP contribution in [0.3, 0.4) is 0 Å². The minimum atomic E-state index is -0.369. The molecule has 180 valence electrons. The highest BCUT2D eigenvalue weighted by Crippen LogP contribution is 2.41. The van der Waals surface area contributed by atoms with Crippen LogP contribution in [0.25, 0.3) is 44.2 Å². The number of benzene rings is 3. The van der Waals surface area contributed by atoms with Crippen molar-refractivity contribution < 1.29 is 13.7 Å². The summed E-state index contributed by atoms with van der Waals surface area (Å²) in [6.45, 7) is 0. The van der Waals surface area contributed by atoms with Gasteiger partial charge in [0.1, 0.15) is 11.4 Å². The summed E-state index contributed by atoms with van der Waals surface area (Å²) < 4.78 is 10.9. The number of H-pyrrole nitrogens is 1. The molecule has 7 heteroatoms. The Morgan fingerprint density at radius 3 is 2.43 bits per heavy atom. The summed E-state index contributed by atoms with van der Waals surface area (Å²) in [6, 6.07) is 27.3. The second-order valence-corrected chi connectivity index (χ2v) is 9.19. The van der Waals surface area contributed by atoms with Crippen LogP contribution in [0.5, 0.6) is 5.75 Å². The molecule has 0 saturated heterocycles. The standard InChI is InChI=1S/C30H21N3O3S/c1-35-30(34)21-9-7-19(8-10-21)25-18-32-29-28(27(25)20-13-15-31-16-14-20)24-17-22(11-12-26(24)33-29)36-37-23-5-3-2-4-6-23/h2-18H,1H3,(H,32,33). The Balaban J connectivity index is 1.52. The molecule has 0 amide bonds. The van der Waals surface area contributed by atoms with E-state index in [1.165, 1.54) is 19.2 Å². The number of ether oxygens (including phenoxy) is 1. The van der Waals surface area contributed by atoms with Gasteiger partial charge in [-0.15, -0.1) is 0 Å². The van der Waals surface area contributed by atoms with Gasteiger partial charge in [-0.1, -0.05) is 30.3 Å². The molecule has 0 spiro atoms. The maximum atomic E-state index is 12.0. The van der Waals surface area contributed by atoms with Crippen LogP contribution in [0.1, 0.15) is 10.4 Å². The number of rotatable bonds is 6. The van der Waals surface area contributed by atoms with Gasteiger partial charge in [0.25, 0.3) is 0 Å². The van der Waals surface area contributed by atoms with Gasteiger partial charge in [0.2, 0.25) is 0 Å². The Morgan fingerprint density at radius 2 is 1.68 bits per heavy atom. The smallest absolute Gasteiger partial charge is 0.337 e. The van der Waals surface area contributed by atoms with Gasteiger partial charge in [-0.05, 0) is 65.7 Å². The van der Waals surface area contributed by atoms with Crippen LogP contribution in [0.15, 0.2) is 108 Å². The molecule has 0 saturated carbocycles. The zero-order chi connectivity index (χ0) is 25.2. The summed E-state index contributed by atoms with van der Waals surface area (Å²) in [6.07, 6.45) is 5.43. The summed E-state index contributed by atoms with van der Waals surface area (Å²) in [5, 5.41) is 2.00. The van der Waals surface area contributed by atoms with Gasteiger partial charge in [-0.25, -0.2) is 9.78 Å². The minimum absolute atomic E-state index is 0.369. The van der Waals surface area contributed by atoms with Gasteiger partial charge in [0, 0.05) is 50.9 Å². The lowest BCUT2D eigenvalue weighted by atomic mass is 9.93. The molecular formula is C30H21N3O3S. The number of nitrogens with one attached hydrogen (secondary N) is 1. The SMILES string of the molecule is COC(=O)c1ccc(-c2cnc3[nH]c4ccc(OSc5ccccc5)cc4c3c2-c2ccncc2)cc1. The van der Waals surface area contributed by atoms with Crippen LogP contribution >= 0.6 is 12.0 Å². The largest absolute Gasteiger partial charge is 0.465 e. The number of carbonyl (C=O) groups is 1. The Bertz CT molecular complexity index is 1720. The molecule has 0 unspecified atom stereocenters. The van der Waals surface area contributed by atoms with E-state index in [1.807, 2.05) is 79.0 Å². The molecule has 0 radical (unpaired) electrons. The number of fused-ring (bicyclic) bond motifs is 3. The molecule has 3 aromatic carbocycles. The minimum Gasteiger partial charge on any atom is -0.465 e. The van der Waals surface area contributed by atoms with Crippen LogP contribution < -0.4 is 4.18 Å². The molecule has 37 heavy (non-hydrogen) atoms. The van der Waals surface area contributed by atoms with Crippen molar-refractivity contribution in [2.24, 2.45) is 0 Å². The molecule has 3 heterocycles. The van der Waals surface area contributed by atoms with E-state index in [1.54, 1.807) is 24.5 Å². The monoisotopic (exact) mass is 503 g/mol. The Hall–Kier alpha value is -4.62. The zero-order valence-corrected chi connectivity index (χ0v) is 20.7. The fraction of sp³-hybridized carbons (Fsp3) is 0.0333. The molecule has 6 nitrogen and oxygen atoms in total. The first kappa shape index (κ1) is 22.8. The molecule has 1 N–H and O–H groups in total. The first-order chi connectivity index (χ1) is 18.2. The van der Waals surface area contributed by atoms with E-state index in [2.05, 4.69) is 9.97 Å². The molecule has 0 fully saturated rings. The average molecular weight is 504 g/mol. The van der Waals surface area contributed by atoms with Gasteiger partial charge in [-0.2, -0.15) is 0 Å². The molecule has 0 aliphatic rings. The lowest BCUT2D eigenvalue weighted by Gasteiger charge is -2.12. The maximum absolute atomic E-state index is 12.0. The van der Waals surface area contributed by atoms with E-state index in [4.69, 9.17) is 13.9 Å². The number of carbonyl (C=O) groups excluding carboxylic acids is 1. The summed E-state index contributed by atoms with van der Waals surface area (Å²) in [4.78, 5) is 25.4. The second-order valence-electron chi connectivity index (χ2n) is 8.39. The van der Waals surface area contributed by atoms with Crippen molar-refractivity contribution in [2.45, 2.75) is 4.90 Å². The number of methoxy groups -OCH3 is 1. The van der Waals surface area contributed by atoms with Crippen molar-refractivity contribution in [3.8, 4) is 28.0 Å². The van der Waals surface area contributed by atoms with Gasteiger partial charge in [0.15, 0.2) is 0 Å². The highest BCUT2D eigenvalue weighted by atomic mass is 32.2. The molecular weight excluding hydrogens is 482 g/mol. The number of aromatic nitrogens is 3. The Labute approximate surface area is 217 Å². The van der Waals surface area contributed by atoms with Crippen molar-refractivity contribution in [2.75, 3.05) is 7.11 Å². The predicted octanol–water partition coefficient (Wildman–Crippen LogP) is 7.32. The number of hydrogen-bond donors (Lipinski definition) is 1. The van der Waals surface area contributed by atoms with E-state index in [9.17, 15) is 4.79 Å². The normalized spacial score (nSPS) is 11.1.